The third kappa shape index (κ3) is 7.31. The van der Waals surface area contributed by atoms with Crippen molar-refractivity contribution in [2.45, 2.75) is 60.1 Å². The van der Waals surface area contributed by atoms with Gasteiger partial charge in [0.15, 0.2) is 0 Å². The molecule has 0 N–H and O–H groups in total. The van der Waals surface area contributed by atoms with Gasteiger partial charge in [-0.15, -0.1) is 0 Å². The molecule has 0 spiro atoms. The molecule has 0 aromatic carbocycles. The highest BCUT2D eigenvalue weighted by molar-refractivity contribution is 6.67. The lowest BCUT2D eigenvalue weighted by Crippen LogP contribution is -2.54. The molecule has 0 saturated heterocycles. The van der Waals surface area contributed by atoms with E-state index in [0.717, 1.165) is 0 Å². The minimum Gasteiger partial charge on any atom is -0.374 e. The number of rotatable bonds is 15. The van der Waals surface area contributed by atoms with Gasteiger partial charge in [0.25, 0.3) is 0 Å². The molecule has 23 heavy (non-hydrogen) atoms. The Hall–Kier alpha value is 0.194. The molecule has 0 amide bonds. The molecular weight excluding hydrogens is 332 g/mol. The molecule has 1 unspecified atom stereocenters. The highest BCUT2D eigenvalue weighted by atomic mass is 28.4. The van der Waals surface area contributed by atoms with Crippen LogP contribution in [0.1, 0.15) is 48.5 Å². The monoisotopic (exact) mass is 368 g/mol. The fourth-order valence-corrected chi connectivity index (χ4v) is 9.35. The first-order chi connectivity index (χ1) is 11.0. The van der Waals surface area contributed by atoms with Crippen molar-refractivity contribution in [2.75, 3.05) is 39.6 Å². The molecule has 0 aliphatic rings. The minimum atomic E-state index is -2.80. The smallest absolute Gasteiger partial charge is 0.374 e. The zero-order valence-corrected chi connectivity index (χ0v) is 18.0. The van der Waals surface area contributed by atoms with Gasteiger partial charge in [0.1, 0.15) is 0 Å². The van der Waals surface area contributed by atoms with Crippen LogP contribution in [0.2, 0.25) is 11.6 Å². The Kier molecular flexibility index (Phi) is 12.6. The summed E-state index contributed by atoms with van der Waals surface area (Å²) in [7, 11) is -5.56. The molecule has 0 bridgehead atoms. The fourth-order valence-electron chi connectivity index (χ4n) is 2.62. The van der Waals surface area contributed by atoms with E-state index in [1.54, 1.807) is 0 Å². The van der Waals surface area contributed by atoms with Crippen LogP contribution in [-0.4, -0.2) is 57.3 Å². The molecule has 0 aromatic rings. The van der Waals surface area contributed by atoms with Gasteiger partial charge in [-0.3, -0.25) is 0 Å². The Morgan fingerprint density at radius 3 is 1.13 bits per heavy atom. The van der Waals surface area contributed by atoms with Gasteiger partial charge in [-0.25, -0.2) is 0 Å². The first kappa shape index (κ1) is 23.2. The normalized spacial score (nSPS) is 14.2. The van der Waals surface area contributed by atoms with Crippen LogP contribution in [0.5, 0.6) is 0 Å². The van der Waals surface area contributed by atoms with E-state index in [-0.39, 0.29) is 5.54 Å². The van der Waals surface area contributed by atoms with E-state index in [4.69, 9.17) is 26.6 Å². The molecule has 1 atom stereocenters. The van der Waals surface area contributed by atoms with E-state index < -0.39 is 17.6 Å². The Morgan fingerprint density at radius 1 is 0.565 bits per heavy atom. The number of hydrogen-bond donors (Lipinski definition) is 0. The van der Waals surface area contributed by atoms with Gasteiger partial charge in [0, 0.05) is 51.2 Å². The van der Waals surface area contributed by atoms with Gasteiger partial charge in [0.2, 0.25) is 0 Å². The first-order valence-electron chi connectivity index (χ1n) is 8.83. The summed E-state index contributed by atoms with van der Waals surface area (Å²) < 4.78 is 35.9. The minimum absolute atomic E-state index is 0.0404. The highest BCUT2D eigenvalue weighted by Gasteiger charge is 2.53. The van der Waals surface area contributed by atoms with E-state index in [9.17, 15) is 0 Å². The molecule has 0 fully saturated rings. The van der Waals surface area contributed by atoms with Crippen LogP contribution in [-0.2, 0) is 26.6 Å². The van der Waals surface area contributed by atoms with E-state index in [2.05, 4.69) is 6.92 Å². The molecule has 8 heteroatoms. The summed E-state index contributed by atoms with van der Waals surface area (Å²) in [6, 6.07) is 0.634. The van der Waals surface area contributed by atoms with Crippen molar-refractivity contribution in [2.24, 2.45) is 0 Å². The molecule has 0 aliphatic carbocycles. The Morgan fingerprint density at radius 2 is 0.870 bits per heavy atom. The zero-order valence-electron chi connectivity index (χ0n) is 16.0. The van der Waals surface area contributed by atoms with Crippen molar-refractivity contribution >= 4 is 17.6 Å². The van der Waals surface area contributed by atoms with Crippen LogP contribution in [0.4, 0.5) is 0 Å². The van der Waals surface area contributed by atoms with Crippen molar-refractivity contribution in [3.05, 3.63) is 0 Å². The predicted octanol–water partition coefficient (Wildman–Crippen LogP) is 3.47. The average molecular weight is 369 g/mol. The lowest BCUT2D eigenvalue weighted by Gasteiger charge is -2.37. The Bertz CT molecular complexity index is 259. The van der Waals surface area contributed by atoms with Crippen LogP contribution < -0.4 is 0 Å². The second-order valence-electron chi connectivity index (χ2n) is 4.99. The summed E-state index contributed by atoms with van der Waals surface area (Å²) >= 11 is 0. The van der Waals surface area contributed by atoms with Crippen molar-refractivity contribution in [3.8, 4) is 0 Å². The molecule has 0 aliphatic heterocycles. The van der Waals surface area contributed by atoms with Crippen LogP contribution in [0.15, 0.2) is 0 Å². The third-order valence-electron chi connectivity index (χ3n) is 3.29. The SMILES string of the molecule is CCO[Si](CC(C)[Si](OCC)(OCC)OCC)(OCC)OCC. The first-order valence-corrected chi connectivity index (χ1v) is 12.6. The summed E-state index contributed by atoms with van der Waals surface area (Å²) in [6.07, 6.45) is 0. The average Bonchev–Trinajstić information content (AvgIpc) is 2.48. The van der Waals surface area contributed by atoms with E-state index >= 15 is 0 Å². The molecule has 0 rings (SSSR count). The molecule has 0 heterocycles. The molecule has 140 valence electrons. The molecular formula is C15H36O6Si2. The van der Waals surface area contributed by atoms with Gasteiger partial charge < -0.3 is 26.6 Å². The second kappa shape index (κ2) is 12.5. The second-order valence-corrected chi connectivity index (χ2v) is 10.7. The quantitative estimate of drug-likeness (QED) is 0.413. The number of hydrogen-bond acceptors (Lipinski definition) is 6. The van der Waals surface area contributed by atoms with Crippen molar-refractivity contribution in [1.82, 2.24) is 0 Å². The molecule has 0 aromatic heterocycles. The largest absolute Gasteiger partial charge is 0.503 e. The zero-order chi connectivity index (χ0) is 17.8. The van der Waals surface area contributed by atoms with Crippen molar-refractivity contribution in [3.63, 3.8) is 0 Å². The Balaban J connectivity index is 5.37. The van der Waals surface area contributed by atoms with Gasteiger partial charge in [-0.2, -0.15) is 0 Å². The summed E-state index contributed by atoms with van der Waals surface area (Å²) in [5, 5.41) is 0. The predicted molar refractivity (Wildman–Crippen MR) is 95.5 cm³/mol. The maximum Gasteiger partial charge on any atom is 0.503 e. The molecule has 0 saturated carbocycles. The van der Waals surface area contributed by atoms with Crippen molar-refractivity contribution < 1.29 is 26.6 Å². The van der Waals surface area contributed by atoms with Gasteiger partial charge in [0.05, 0.1) is 0 Å². The molecule has 6 nitrogen and oxygen atoms in total. The van der Waals surface area contributed by atoms with Crippen LogP contribution >= 0.6 is 0 Å². The summed E-state index contributed by atoms with van der Waals surface area (Å²) in [4.78, 5) is 0. The summed E-state index contributed by atoms with van der Waals surface area (Å²) in [6.45, 7) is 17.2. The van der Waals surface area contributed by atoms with Gasteiger partial charge in [-0.05, 0) is 41.5 Å². The lowest BCUT2D eigenvalue weighted by molar-refractivity contribution is 0.0502. The van der Waals surface area contributed by atoms with Crippen molar-refractivity contribution in [1.29, 1.82) is 0 Å². The maximum atomic E-state index is 6.00. The van der Waals surface area contributed by atoms with Crippen LogP contribution in [0.3, 0.4) is 0 Å². The Labute approximate surface area is 144 Å². The van der Waals surface area contributed by atoms with Crippen LogP contribution in [0, 0.1) is 0 Å². The fraction of sp³-hybridized carbons (Fsp3) is 1.00. The highest BCUT2D eigenvalue weighted by Crippen LogP contribution is 2.35. The van der Waals surface area contributed by atoms with Gasteiger partial charge >= 0.3 is 17.6 Å². The summed E-state index contributed by atoms with van der Waals surface area (Å²) in [5.41, 5.74) is 0.0404. The third-order valence-corrected chi connectivity index (χ3v) is 10.5. The lowest BCUT2D eigenvalue weighted by atomic mass is 10.6. The topological polar surface area (TPSA) is 55.4 Å². The van der Waals surface area contributed by atoms with Crippen LogP contribution in [0.25, 0.3) is 0 Å². The molecule has 0 radical (unpaired) electrons. The van der Waals surface area contributed by atoms with E-state index in [1.807, 2.05) is 41.5 Å². The maximum absolute atomic E-state index is 6.00. The summed E-state index contributed by atoms with van der Waals surface area (Å²) in [5.74, 6) is 0. The standard InChI is InChI=1S/C15H36O6Si2/c1-8-16-22(17-9-2,18-10-3)14-15(7)23(19-11-4,20-12-5)21-13-6/h15H,8-14H2,1-7H3. The van der Waals surface area contributed by atoms with E-state index in [1.165, 1.54) is 0 Å². The van der Waals surface area contributed by atoms with Gasteiger partial charge in [-0.1, -0.05) is 6.92 Å². The van der Waals surface area contributed by atoms with E-state index in [0.29, 0.717) is 45.7 Å².